The van der Waals surface area contributed by atoms with E-state index in [-0.39, 0.29) is 12.0 Å². The Hall–Kier alpha value is -3.23. The predicted octanol–water partition coefficient (Wildman–Crippen LogP) is 10.1. The lowest BCUT2D eigenvalue weighted by Crippen LogP contribution is -2.65. The number of benzene rings is 1. The quantitative estimate of drug-likeness (QED) is 0.152. The summed E-state index contributed by atoms with van der Waals surface area (Å²) in [5.74, 6) is 2.23. The van der Waals surface area contributed by atoms with Crippen LogP contribution in [0.4, 0.5) is 0 Å². The maximum atomic E-state index is 11.5. The second-order valence-corrected chi connectivity index (χ2v) is 16.6. The van der Waals surface area contributed by atoms with Crippen molar-refractivity contribution >= 4 is 11.5 Å². The number of nitrogens with one attached hydrogen (secondary N) is 1. The van der Waals surface area contributed by atoms with Crippen molar-refractivity contribution in [1.29, 1.82) is 0 Å². The van der Waals surface area contributed by atoms with Gasteiger partial charge in [-0.2, -0.15) is 0 Å². The Morgan fingerprint density at radius 3 is 2.06 bits per heavy atom. The van der Waals surface area contributed by atoms with Gasteiger partial charge in [0.1, 0.15) is 0 Å². The first-order valence-electron chi connectivity index (χ1n) is 18.8. The minimum Gasteiger partial charge on any atom is -0.478 e. The number of carbonyl (C=O) groups is 1. The number of aliphatic hydroxyl groups is 1. The van der Waals surface area contributed by atoms with Crippen molar-refractivity contribution < 1.29 is 15.0 Å². The summed E-state index contributed by atoms with van der Waals surface area (Å²) >= 11 is 0. The first kappa shape index (κ1) is 42.9. The second-order valence-electron chi connectivity index (χ2n) is 16.6. The van der Waals surface area contributed by atoms with E-state index in [2.05, 4.69) is 91.1 Å². The van der Waals surface area contributed by atoms with Gasteiger partial charge in [-0.3, -0.25) is 0 Å². The number of terminal acetylenes is 3. The maximum Gasteiger partial charge on any atom is 0.335 e. The first-order chi connectivity index (χ1) is 23.8. The summed E-state index contributed by atoms with van der Waals surface area (Å²) in [4.78, 5) is 11.5. The van der Waals surface area contributed by atoms with Crippen molar-refractivity contribution in [3.05, 3.63) is 54.1 Å². The Morgan fingerprint density at radius 1 is 0.860 bits per heavy atom. The molecule has 0 aliphatic heterocycles. The van der Waals surface area contributed by atoms with E-state index in [4.69, 9.17) is 0 Å². The van der Waals surface area contributed by atoms with Crippen molar-refractivity contribution in [2.75, 3.05) is 19.7 Å². The molecule has 4 heteroatoms. The Kier molecular flexibility index (Phi) is 15.3. The molecule has 3 N–H and O–H groups in total. The van der Waals surface area contributed by atoms with Gasteiger partial charge < -0.3 is 15.5 Å². The van der Waals surface area contributed by atoms with Gasteiger partial charge in [-0.15, -0.1) is 45.1 Å². The van der Waals surface area contributed by atoms with Gasteiger partial charge in [0.05, 0.1) is 5.56 Å². The summed E-state index contributed by atoms with van der Waals surface area (Å²) in [6, 6.07) is 7.62. The molecule has 5 aliphatic carbocycles. The van der Waals surface area contributed by atoms with Crippen LogP contribution < -0.4 is 5.32 Å². The zero-order valence-corrected chi connectivity index (χ0v) is 32.1. The standard InChI is InChI=1S/C37H55NO3.C3H6.3C2H2/c1-33(2)27(25-9-11-26(12-10-25)32(40)41)15-18-34(3)30(33)16-19-36(5)31(34)14-13-28-29-8-6-17-37(29,21-20-35(28,36)4)24-38-22-7-23-39;1-3-2;3*1-2/h9-12,15,28-31,38-39H,6-8,13-14,16-24H2,1-5H3,(H,40,41);3H,1H2,2H3;3*1-2H/t28-,29?,30?,31?,34+,35-,36-,37-;;;;/m1..../s1. The highest BCUT2D eigenvalue weighted by Crippen LogP contribution is 2.77. The number of allylic oxidation sites excluding steroid dienone is 3. The van der Waals surface area contributed by atoms with E-state index >= 15 is 0 Å². The van der Waals surface area contributed by atoms with Crippen LogP contribution in [0.15, 0.2) is 43.0 Å². The van der Waals surface area contributed by atoms with Crippen LogP contribution in [0.3, 0.4) is 0 Å². The third kappa shape index (κ3) is 7.38. The van der Waals surface area contributed by atoms with Gasteiger partial charge in [0.15, 0.2) is 0 Å². The van der Waals surface area contributed by atoms with Gasteiger partial charge in [0.2, 0.25) is 0 Å². The number of carboxylic acids is 1. The molecule has 0 spiro atoms. The van der Waals surface area contributed by atoms with Crippen LogP contribution in [0.5, 0.6) is 0 Å². The monoisotopic (exact) mass is 682 g/mol. The van der Waals surface area contributed by atoms with E-state index in [1.54, 1.807) is 18.2 Å². The molecule has 0 heterocycles. The normalized spacial score (nSPS) is 35.5. The molecule has 0 amide bonds. The topological polar surface area (TPSA) is 69.6 Å². The Labute approximate surface area is 306 Å². The minimum absolute atomic E-state index is 0.0598. The molecule has 0 aromatic heterocycles. The highest BCUT2D eigenvalue weighted by Gasteiger charge is 2.69. The van der Waals surface area contributed by atoms with Crippen LogP contribution in [0.1, 0.15) is 128 Å². The van der Waals surface area contributed by atoms with E-state index in [1.807, 2.05) is 19.1 Å². The molecular formula is C46H67NO3. The summed E-state index contributed by atoms with van der Waals surface area (Å²) in [5, 5.41) is 22.5. The van der Waals surface area contributed by atoms with Crippen LogP contribution in [0.2, 0.25) is 0 Å². The van der Waals surface area contributed by atoms with Gasteiger partial charge in [0, 0.05) is 13.2 Å². The lowest BCUT2D eigenvalue weighted by atomic mass is 9.32. The summed E-state index contributed by atoms with van der Waals surface area (Å²) in [5.41, 5.74) is 4.61. The number of carboxylic acid groups (broad SMARTS) is 1. The van der Waals surface area contributed by atoms with Crippen LogP contribution in [-0.4, -0.2) is 35.9 Å². The minimum atomic E-state index is -0.854. The smallest absolute Gasteiger partial charge is 0.335 e. The van der Waals surface area contributed by atoms with Gasteiger partial charge in [-0.05, 0) is 152 Å². The van der Waals surface area contributed by atoms with Crippen molar-refractivity contribution in [3.63, 3.8) is 0 Å². The zero-order valence-electron chi connectivity index (χ0n) is 32.1. The molecule has 1 aromatic rings. The number of fused-ring (bicyclic) bond motifs is 7. The first-order valence-corrected chi connectivity index (χ1v) is 18.8. The number of aromatic carboxylic acids is 1. The van der Waals surface area contributed by atoms with Crippen molar-refractivity contribution in [2.24, 2.45) is 50.7 Å². The van der Waals surface area contributed by atoms with Crippen molar-refractivity contribution in [1.82, 2.24) is 5.32 Å². The number of aliphatic hydroxyl groups excluding tert-OH is 1. The number of hydrogen-bond donors (Lipinski definition) is 3. The molecule has 4 nitrogen and oxygen atoms in total. The van der Waals surface area contributed by atoms with Crippen LogP contribution in [0, 0.1) is 89.3 Å². The molecule has 5 aliphatic rings. The molecular weight excluding hydrogens is 615 g/mol. The predicted molar refractivity (Wildman–Crippen MR) is 212 cm³/mol. The molecule has 6 rings (SSSR count). The van der Waals surface area contributed by atoms with Gasteiger partial charge in [0.25, 0.3) is 0 Å². The highest BCUT2D eigenvalue weighted by molar-refractivity contribution is 5.88. The second kappa shape index (κ2) is 17.8. The molecule has 0 saturated heterocycles. The van der Waals surface area contributed by atoms with Crippen molar-refractivity contribution in [3.8, 4) is 38.5 Å². The molecule has 8 atom stereocenters. The fourth-order valence-corrected chi connectivity index (χ4v) is 12.4. The van der Waals surface area contributed by atoms with Gasteiger partial charge in [-0.25, -0.2) is 4.79 Å². The molecule has 274 valence electrons. The summed E-state index contributed by atoms with van der Waals surface area (Å²) < 4.78 is 0. The number of rotatable bonds is 7. The van der Waals surface area contributed by atoms with E-state index in [9.17, 15) is 15.0 Å². The van der Waals surface area contributed by atoms with Crippen LogP contribution in [0.25, 0.3) is 5.57 Å². The number of hydrogen-bond acceptors (Lipinski definition) is 3. The lowest BCUT2D eigenvalue weighted by molar-refractivity contribution is -0.222. The Morgan fingerprint density at radius 2 is 1.48 bits per heavy atom. The van der Waals surface area contributed by atoms with Crippen molar-refractivity contribution in [2.45, 2.75) is 112 Å². The largest absolute Gasteiger partial charge is 0.478 e. The molecule has 3 unspecified atom stereocenters. The van der Waals surface area contributed by atoms with Gasteiger partial charge in [-0.1, -0.05) is 65.3 Å². The fourth-order valence-electron chi connectivity index (χ4n) is 12.4. The van der Waals surface area contributed by atoms with Gasteiger partial charge >= 0.3 is 5.97 Å². The zero-order chi connectivity index (χ0) is 38.0. The van der Waals surface area contributed by atoms with E-state index in [0.29, 0.717) is 33.1 Å². The summed E-state index contributed by atoms with van der Waals surface area (Å²) in [7, 11) is 0. The van der Waals surface area contributed by atoms with E-state index in [1.165, 1.54) is 68.9 Å². The third-order valence-electron chi connectivity index (χ3n) is 14.6. The summed E-state index contributed by atoms with van der Waals surface area (Å²) in [6.45, 7) is 20.7. The average Bonchev–Trinajstić information content (AvgIpc) is 3.54. The summed E-state index contributed by atoms with van der Waals surface area (Å²) in [6.07, 6.45) is 42.7. The van der Waals surface area contributed by atoms with E-state index < -0.39 is 5.97 Å². The van der Waals surface area contributed by atoms with E-state index in [0.717, 1.165) is 43.7 Å². The molecule has 0 bridgehead atoms. The van der Waals surface area contributed by atoms with Crippen LogP contribution in [-0.2, 0) is 0 Å². The lowest BCUT2D eigenvalue weighted by Gasteiger charge is -2.72. The average molecular weight is 682 g/mol. The Balaban J connectivity index is 0.000000887. The third-order valence-corrected chi connectivity index (χ3v) is 14.6. The van der Waals surface area contributed by atoms with Crippen LogP contribution >= 0.6 is 0 Å². The molecule has 0 radical (unpaired) electrons. The fraction of sp³-hybridized carbons (Fsp3) is 0.630. The highest BCUT2D eigenvalue weighted by atomic mass is 16.4. The molecule has 4 saturated carbocycles. The SMILES string of the molecule is C#C.C#C.C#C.C=CC.CC1(C)C(c2ccc(C(=O)O)cc2)=CC[C@@]2(C)C1CC[C@]1(C)C2CC[C@@H]2C3CCC[C@]3(CNCCCO)CC[C@]21C. The molecule has 1 aromatic carbocycles. The molecule has 4 fully saturated rings. The Bertz CT molecular complexity index is 1350. The molecule has 50 heavy (non-hydrogen) atoms. The maximum absolute atomic E-state index is 11.5.